The second-order valence-electron chi connectivity index (χ2n) is 5.62. The molecule has 1 aromatic rings. The molecule has 0 aromatic heterocycles. The van der Waals surface area contributed by atoms with E-state index in [-0.39, 0.29) is 17.6 Å². The third-order valence-electron chi connectivity index (χ3n) is 3.99. The topological polar surface area (TPSA) is 46.2 Å². The van der Waals surface area contributed by atoms with Crippen LogP contribution in [0.4, 0.5) is 5.69 Å². The number of Topliss-reactive ketones (excluding diaryl/α,β-unsaturated/α-hetero) is 1. The molecule has 2 rings (SSSR count). The minimum absolute atomic E-state index is 0.0980. The Labute approximate surface area is 131 Å². The second kappa shape index (κ2) is 8.18. The number of anilines is 1. The van der Waals surface area contributed by atoms with E-state index in [1.165, 1.54) is 6.42 Å². The van der Waals surface area contributed by atoms with Crippen molar-refractivity contribution in [3.8, 4) is 0 Å². The minimum Gasteiger partial charge on any atom is -0.326 e. The molecular formula is C17H22ClNO2. The number of ketones is 1. The summed E-state index contributed by atoms with van der Waals surface area (Å²) in [5.41, 5.74) is 1.44. The van der Waals surface area contributed by atoms with E-state index in [4.69, 9.17) is 11.6 Å². The van der Waals surface area contributed by atoms with Gasteiger partial charge >= 0.3 is 0 Å². The van der Waals surface area contributed by atoms with Gasteiger partial charge in [0.15, 0.2) is 5.78 Å². The zero-order chi connectivity index (χ0) is 15.1. The van der Waals surface area contributed by atoms with Gasteiger partial charge in [-0.25, -0.2) is 0 Å². The lowest BCUT2D eigenvalue weighted by Crippen LogP contribution is -2.24. The Bertz CT molecular complexity index is 478. The van der Waals surface area contributed by atoms with Gasteiger partial charge in [-0.15, -0.1) is 11.6 Å². The monoisotopic (exact) mass is 307 g/mol. The fourth-order valence-electron chi connectivity index (χ4n) is 2.72. The molecule has 1 fully saturated rings. The zero-order valence-electron chi connectivity index (χ0n) is 12.2. The Hall–Kier alpha value is -1.35. The maximum absolute atomic E-state index is 12.1. The first kappa shape index (κ1) is 16.0. The summed E-state index contributed by atoms with van der Waals surface area (Å²) in [5.74, 6) is 0.849. The van der Waals surface area contributed by atoms with E-state index in [1.54, 1.807) is 24.3 Å². The molecule has 1 amide bonds. The first-order chi connectivity index (χ1) is 10.2. The average Bonchev–Trinajstić information content (AvgIpc) is 2.54. The highest BCUT2D eigenvalue weighted by Gasteiger charge is 2.20. The fourth-order valence-corrected chi connectivity index (χ4v) is 2.85. The number of hydrogen-bond donors (Lipinski definition) is 1. The Morgan fingerprint density at radius 3 is 2.38 bits per heavy atom. The van der Waals surface area contributed by atoms with Crippen molar-refractivity contribution in [1.82, 2.24) is 0 Å². The van der Waals surface area contributed by atoms with Crippen molar-refractivity contribution in [1.29, 1.82) is 0 Å². The van der Waals surface area contributed by atoms with Crippen LogP contribution in [0.25, 0.3) is 0 Å². The van der Waals surface area contributed by atoms with E-state index in [1.807, 2.05) is 0 Å². The summed E-state index contributed by atoms with van der Waals surface area (Å²) in [7, 11) is 0. The molecular weight excluding hydrogens is 286 g/mol. The van der Waals surface area contributed by atoms with Crippen LogP contribution in [0.5, 0.6) is 0 Å². The van der Waals surface area contributed by atoms with Crippen molar-refractivity contribution in [3.05, 3.63) is 29.8 Å². The fraction of sp³-hybridized carbons (Fsp3) is 0.529. The van der Waals surface area contributed by atoms with Gasteiger partial charge in [0.1, 0.15) is 0 Å². The Kier molecular flexibility index (Phi) is 6.24. The molecule has 114 valence electrons. The van der Waals surface area contributed by atoms with Gasteiger partial charge in [0.05, 0.1) is 0 Å². The van der Waals surface area contributed by atoms with Gasteiger partial charge in [-0.05, 0) is 43.5 Å². The largest absolute Gasteiger partial charge is 0.326 e. The number of halogens is 1. The maximum atomic E-state index is 12.1. The minimum atomic E-state index is 0.0980. The van der Waals surface area contributed by atoms with Crippen LogP contribution in [-0.4, -0.2) is 17.6 Å². The van der Waals surface area contributed by atoms with E-state index >= 15 is 0 Å². The summed E-state index contributed by atoms with van der Waals surface area (Å²) in [5, 5.41) is 2.95. The first-order valence-corrected chi connectivity index (χ1v) is 8.24. The molecule has 0 radical (unpaired) electrons. The van der Waals surface area contributed by atoms with Crippen LogP contribution < -0.4 is 5.32 Å². The molecule has 1 aliphatic rings. The van der Waals surface area contributed by atoms with Gasteiger partial charge < -0.3 is 5.32 Å². The van der Waals surface area contributed by atoms with Crippen molar-refractivity contribution in [2.45, 2.75) is 44.9 Å². The van der Waals surface area contributed by atoms with Crippen molar-refractivity contribution in [2.75, 3.05) is 11.2 Å². The molecule has 1 aromatic carbocycles. The van der Waals surface area contributed by atoms with Crippen molar-refractivity contribution < 1.29 is 9.59 Å². The van der Waals surface area contributed by atoms with E-state index < -0.39 is 0 Å². The van der Waals surface area contributed by atoms with Gasteiger partial charge in [-0.1, -0.05) is 19.3 Å². The first-order valence-electron chi connectivity index (χ1n) is 7.71. The van der Waals surface area contributed by atoms with E-state index in [9.17, 15) is 9.59 Å². The van der Waals surface area contributed by atoms with Crippen molar-refractivity contribution in [3.63, 3.8) is 0 Å². The maximum Gasteiger partial charge on any atom is 0.227 e. The number of nitrogens with one attached hydrogen (secondary N) is 1. The smallest absolute Gasteiger partial charge is 0.227 e. The Morgan fingerprint density at radius 1 is 1.10 bits per heavy atom. The molecule has 0 spiro atoms. The molecule has 0 saturated heterocycles. The number of amides is 1. The molecule has 1 saturated carbocycles. The highest BCUT2D eigenvalue weighted by molar-refractivity contribution is 6.18. The molecule has 0 atom stereocenters. The number of carbonyl (C=O) groups excluding carboxylic acids is 2. The van der Waals surface area contributed by atoms with Crippen molar-refractivity contribution >= 4 is 29.0 Å². The lowest BCUT2D eigenvalue weighted by Gasteiger charge is -2.20. The van der Waals surface area contributed by atoms with Gasteiger partial charge in [0.25, 0.3) is 0 Å². The summed E-state index contributed by atoms with van der Waals surface area (Å²) < 4.78 is 0. The SMILES string of the molecule is O=C(CCCCl)c1ccc(NC(=O)C2CCCCC2)cc1. The lowest BCUT2D eigenvalue weighted by atomic mass is 9.88. The number of benzene rings is 1. The molecule has 1 N–H and O–H groups in total. The normalized spacial score (nSPS) is 15.7. The van der Waals surface area contributed by atoms with Crippen LogP contribution in [0.1, 0.15) is 55.3 Å². The lowest BCUT2D eigenvalue weighted by molar-refractivity contribution is -0.120. The van der Waals surface area contributed by atoms with E-state index in [0.717, 1.165) is 31.4 Å². The summed E-state index contributed by atoms with van der Waals surface area (Å²) in [4.78, 5) is 24.0. The quantitative estimate of drug-likeness (QED) is 0.625. The predicted molar refractivity (Wildman–Crippen MR) is 85.9 cm³/mol. The third kappa shape index (κ3) is 4.85. The van der Waals surface area contributed by atoms with Crippen molar-refractivity contribution in [2.24, 2.45) is 5.92 Å². The van der Waals surface area contributed by atoms with Crippen LogP contribution in [-0.2, 0) is 4.79 Å². The van der Waals surface area contributed by atoms with E-state index in [2.05, 4.69) is 5.32 Å². The second-order valence-corrected chi connectivity index (χ2v) is 6.00. The summed E-state index contributed by atoms with van der Waals surface area (Å²) in [6.45, 7) is 0. The molecule has 0 unspecified atom stereocenters. The average molecular weight is 308 g/mol. The standard InChI is InChI=1S/C17H22ClNO2/c18-12-4-7-16(20)13-8-10-15(11-9-13)19-17(21)14-5-2-1-3-6-14/h8-11,14H,1-7,12H2,(H,19,21). The highest BCUT2D eigenvalue weighted by atomic mass is 35.5. The van der Waals surface area contributed by atoms with Gasteiger partial charge in [-0.2, -0.15) is 0 Å². The molecule has 0 bridgehead atoms. The Balaban J connectivity index is 1.89. The molecule has 1 aliphatic carbocycles. The van der Waals surface area contributed by atoms with Crippen LogP contribution in [0, 0.1) is 5.92 Å². The van der Waals surface area contributed by atoms with Crippen LogP contribution in [0.15, 0.2) is 24.3 Å². The number of alkyl halides is 1. The van der Waals surface area contributed by atoms with Gasteiger partial charge in [0, 0.05) is 29.5 Å². The summed E-state index contributed by atoms with van der Waals surface area (Å²) in [6, 6.07) is 7.14. The number of rotatable bonds is 6. The predicted octanol–water partition coefficient (Wildman–Crippen LogP) is 4.41. The van der Waals surface area contributed by atoms with Crippen LogP contribution >= 0.6 is 11.6 Å². The molecule has 0 aliphatic heterocycles. The highest BCUT2D eigenvalue weighted by Crippen LogP contribution is 2.25. The van der Waals surface area contributed by atoms with Crippen LogP contribution in [0.3, 0.4) is 0 Å². The molecule has 3 nitrogen and oxygen atoms in total. The zero-order valence-corrected chi connectivity index (χ0v) is 13.0. The third-order valence-corrected chi connectivity index (χ3v) is 4.26. The molecule has 0 heterocycles. The Morgan fingerprint density at radius 2 is 1.76 bits per heavy atom. The number of carbonyl (C=O) groups is 2. The van der Waals surface area contributed by atoms with Gasteiger partial charge in [-0.3, -0.25) is 9.59 Å². The summed E-state index contributed by atoms with van der Waals surface area (Å²) >= 11 is 5.59. The van der Waals surface area contributed by atoms with E-state index in [0.29, 0.717) is 24.3 Å². The molecule has 21 heavy (non-hydrogen) atoms. The van der Waals surface area contributed by atoms with Crippen LogP contribution in [0.2, 0.25) is 0 Å². The van der Waals surface area contributed by atoms with Gasteiger partial charge in [0.2, 0.25) is 5.91 Å². The molecule has 4 heteroatoms. The number of hydrogen-bond acceptors (Lipinski definition) is 2. The summed E-state index contributed by atoms with van der Waals surface area (Å²) in [6.07, 6.45) is 6.67.